The highest BCUT2D eigenvalue weighted by molar-refractivity contribution is 8.04. The Hall–Kier alpha value is -2.76. The second-order valence-electron chi connectivity index (χ2n) is 5.82. The molecular weight excluding hydrogens is 384 g/mol. The van der Waals surface area contributed by atoms with Crippen molar-refractivity contribution in [3.8, 4) is 11.3 Å². The smallest absolute Gasteiger partial charge is 0.339 e. The average Bonchev–Trinajstić information content (AvgIpc) is 3.27. The summed E-state index contributed by atoms with van der Waals surface area (Å²) in [7, 11) is 1.30. The summed E-state index contributed by atoms with van der Waals surface area (Å²) in [5.74, 6) is 0.606. The van der Waals surface area contributed by atoms with Gasteiger partial charge in [0.25, 0.3) is 0 Å². The van der Waals surface area contributed by atoms with E-state index in [4.69, 9.17) is 20.8 Å². The van der Waals surface area contributed by atoms with Crippen molar-refractivity contribution >= 4 is 41.2 Å². The van der Waals surface area contributed by atoms with Crippen molar-refractivity contribution in [2.45, 2.75) is 4.90 Å². The van der Waals surface area contributed by atoms with E-state index in [0.717, 1.165) is 4.90 Å². The predicted molar refractivity (Wildman–Crippen MR) is 105 cm³/mol. The maximum atomic E-state index is 12.5. The van der Waals surface area contributed by atoms with Crippen LogP contribution in [0.4, 0.5) is 0 Å². The Balaban J connectivity index is 1.64. The van der Waals surface area contributed by atoms with E-state index in [2.05, 4.69) is 0 Å². The van der Waals surface area contributed by atoms with Gasteiger partial charge in [0.2, 0.25) is 5.78 Å². The van der Waals surface area contributed by atoms with Crippen molar-refractivity contribution in [1.82, 2.24) is 0 Å². The maximum Gasteiger partial charge on any atom is 0.339 e. The third-order valence-electron chi connectivity index (χ3n) is 4.13. The number of hydrogen-bond acceptors (Lipinski definition) is 5. The number of thioether (sulfide) groups is 1. The number of ether oxygens (including phenoxy) is 1. The van der Waals surface area contributed by atoms with Crippen LogP contribution in [0.2, 0.25) is 5.02 Å². The summed E-state index contributed by atoms with van der Waals surface area (Å²) < 4.78 is 10.6. The molecule has 1 aromatic heterocycles. The number of allylic oxidation sites excluding steroid dienone is 1. The predicted octanol–water partition coefficient (Wildman–Crippen LogP) is 5.72. The monoisotopic (exact) mass is 396 g/mol. The first-order valence-electron chi connectivity index (χ1n) is 8.08. The fourth-order valence-corrected chi connectivity index (χ4v) is 4.02. The molecule has 0 radical (unpaired) electrons. The Morgan fingerprint density at radius 3 is 2.74 bits per heavy atom. The number of fused-ring (bicyclic) bond motifs is 1. The number of carbonyl (C=O) groups is 2. The molecule has 4 rings (SSSR count). The Morgan fingerprint density at radius 2 is 1.96 bits per heavy atom. The highest BCUT2D eigenvalue weighted by Crippen LogP contribution is 2.41. The molecule has 2 heterocycles. The summed E-state index contributed by atoms with van der Waals surface area (Å²) >= 11 is 7.48. The standard InChI is InChI=1S/C21H13ClO4S/c1-25-21(24)15-10-12(6-8-16(15)22)17-9-7-13(26-17)11-19-20(23)14-4-2-3-5-18(14)27-19/h2-11H,1H3. The Labute approximate surface area is 164 Å². The minimum absolute atomic E-state index is 0.00646. The topological polar surface area (TPSA) is 56.5 Å². The number of benzene rings is 2. The first-order valence-corrected chi connectivity index (χ1v) is 9.27. The molecule has 6 heteroatoms. The molecule has 0 aliphatic carbocycles. The van der Waals surface area contributed by atoms with Crippen LogP contribution in [0.15, 0.2) is 68.8 Å². The highest BCUT2D eigenvalue weighted by atomic mass is 35.5. The summed E-state index contributed by atoms with van der Waals surface area (Å²) in [6.07, 6.45) is 1.73. The average molecular weight is 397 g/mol. The van der Waals surface area contributed by atoms with Gasteiger partial charge < -0.3 is 9.15 Å². The van der Waals surface area contributed by atoms with Gasteiger partial charge in [0.15, 0.2) is 0 Å². The van der Waals surface area contributed by atoms with E-state index in [1.807, 2.05) is 24.3 Å². The number of halogens is 1. The second kappa shape index (κ2) is 7.10. The van der Waals surface area contributed by atoms with Crippen LogP contribution < -0.4 is 0 Å². The summed E-state index contributed by atoms with van der Waals surface area (Å²) in [4.78, 5) is 25.8. The molecule has 0 saturated heterocycles. The first-order chi connectivity index (χ1) is 13.1. The van der Waals surface area contributed by atoms with Gasteiger partial charge in [-0.2, -0.15) is 0 Å². The number of furan rings is 1. The number of carbonyl (C=O) groups excluding carboxylic acids is 2. The van der Waals surface area contributed by atoms with Crippen molar-refractivity contribution in [3.05, 3.63) is 81.4 Å². The van der Waals surface area contributed by atoms with Crippen LogP contribution in [0.25, 0.3) is 17.4 Å². The van der Waals surface area contributed by atoms with Crippen molar-refractivity contribution < 1.29 is 18.7 Å². The lowest BCUT2D eigenvalue weighted by Gasteiger charge is -2.04. The van der Waals surface area contributed by atoms with Crippen molar-refractivity contribution in [2.24, 2.45) is 0 Å². The Morgan fingerprint density at radius 1 is 1.15 bits per heavy atom. The number of esters is 1. The molecule has 3 aromatic rings. The zero-order valence-electron chi connectivity index (χ0n) is 14.2. The van der Waals surface area contributed by atoms with Gasteiger partial charge in [0.1, 0.15) is 11.5 Å². The van der Waals surface area contributed by atoms with Crippen molar-refractivity contribution in [1.29, 1.82) is 0 Å². The zero-order chi connectivity index (χ0) is 19.0. The molecule has 1 aliphatic heterocycles. The van der Waals surface area contributed by atoms with E-state index >= 15 is 0 Å². The minimum atomic E-state index is -0.513. The molecule has 134 valence electrons. The van der Waals surface area contributed by atoms with Gasteiger partial charge in [-0.25, -0.2) is 4.79 Å². The summed E-state index contributed by atoms with van der Waals surface area (Å²) in [5, 5.41) is 0.310. The van der Waals surface area contributed by atoms with E-state index in [1.54, 1.807) is 36.4 Å². The van der Waals surface area contributed by atoms with E-state index in [9.17, 15) is 9.59 Å². The Kier molecular flexibility index (Phi) is 4.64. The molecule has 4 nitrogen and oxygen atoms in total. The lowest BCUT2D eigenvalue weighted by molar-refractivity contribution is 0.0601. The molecule has 1 aliphatic rings. The third kappa shape index (κ3) is 3.31. The van der Waals surface area contributed by atoms with Gasteiger partial charge in [0.05, 0.1) is 22.6 Å². The molecule has 0 N–H and O–H groups in total. The molecule has 0 bridgehead atoms. The molecule has 0 unspecified atom stereocenters. The van der Waals surface area contributed by atoms with Gasteiger partial charge in [-0.3, -0.25) is 4.79 Å². The van der Waals surface area contributed by atoms with Crippen molar-refractivity contribution in [3.63, 3.8) is 0 Å². The molecule has 27 heavy (non-hydrogen) atoms. The SMILES string of the molecule is COC(=O)c1cc(-c2ccc(C=C3Sc4ccccc4C3=O)o2)ccc1Cl. The van der Waals surface area contributed by atoms with Gasteiger partial charge in [-0.05, 0) is 48.5 Å². The van der Waals surface area contributed by atoms with Crippen LogP contribution in [-0.4, -0.2) is 18.9 Å². The second-order valence-corrected chi connectivity index (χ2v) is 7.32. The van der Waals surface area contributed by atoms with Crippen molar-refractivity contribution in [2.75, 3.05) is 7.11 Å². The van der Waals surface area contributed by atoms with Crippen LogP contribution in [-0.2, 0) is 4.74 Å². The molecular formula is C21H13ClO4S. The Bertz CT molecular complexity index is 1100. The highest BCUT2D eigenvalue weighted by Gasteiger charge is 2.25. The van der Waals surface area contributed by atoms with Crippen LogP contribution >= 0.6 is 23.4 Å². The van der Waals surface area contributed by atoms with E-state index in [0.29, 0.717) is 32.6 Å². The molecule has 0 spiro atoms. The van der Waals surface area contributed by atoms with Crippen LogP contribution in [0, 0.1) is 0 Å². The molecule has 0 fully saturated rings. The fourth-order valence-electron chi connectivity index (χ4n) is 2.80. The number of hydrogen-bond donors (Lipinski definition) is 0. The summed E-state index contributed by atoms with van der Waals surface area (Å²) in [6.45, 7) is 0. The van der Waals surface area contributed by atoms with Gasteiger partial charge >= 0.3 is 5.97 Å². The summed E-state index contributed by atoms with van der Waals surface area (Å²) in [6, 6.07) is 16.1. The molecule has 0 atom stereocenters. The van der Waals surface area contributed by atoms with E-state index in [1.165, 1.54) is 18.9 Å². The number of rotatable bonds is 3. The van der Waals surface area contributed by atoms with Crippen LogP contribution in [0.5, 0.6) is 0 Å². The first kappa shape index (κ1) is 17.6. The fraction of sp³-hybridized carbons (Fsp3) is 0.0476. The quantitative estimate of drug-likeness (QED) is 0.419. The van der Waals surface area contributed by atoms with E-state index in [-0.39, 0.29) is 11.3 Å². The van der Waals surface area contributed by atoms with E-state index < -0.39 is 5.97 Å². The number of methoxy groups -OCH3 is 1. The van der Waals surface area contributed by atoms with Crippen LogP contribution in [0.1, 0.15) is 26.5 Å². The molecule has 0 saturated carbocycles. The third-order valence-corrected chi connectivity index (χ3v) is 5.56. The lowest BCUT2D eigenvalue weighted by atomic mass is 10.1. The van der Waals surface area contributed by atoms with Gasteiger partial charge in [-0.1, -0.05) is 35.5 Å². The van der Waals surface area contributed by atoms with Gasteiger partial charge in [-0.15, -0.1) is 0 Å². The normalized spacial score (nSPS) is 14.4. The largest absolute Gasteiger partial charge is 0.465 e. The zero-order valence-corrected chi connectivity index (χ0v) is 15.8. The lowest BCUT2D eigenvalue weighted by Crippen LogP contribution is -2.02. The molecule has 0 amide bonds. The maximum absolute atomic E-state index is 12.5. The number of Topliss-reactive ketones (excluding diaryl/α,β-unsaturated/α-hetero) is 1. The van der Waals surface area contributed by atoms with Gasteiger partial charge in [0, 0.05) is 16.0 Å². The summed E-state index contributed by atoms with van der Waals surface area (Å²) in [5.41, 5.74) is 1.67. The van der Waals surface area contributed by atoms with Crippen LogP contribution in [0.3, 0.4) is 0 Å². The minimum Gasteiger partial charge on any atom is -0.465 e. The molecule has 2 aromatic carbocycles. The number of ketones is 1.